The molecule has 0 unspecified atom stereocenters. The molecule has 2 aromatic carbocycles. The van der Waals surface area contributed by atoms with Crippen LogP contribution in [0.15, 0.2) is 54.0 Å². The molecule has 1 saturated heterocycles. The Balaban J connectivity index is 1.70. The topological polar surface area (TPSA) is 67.9 Å². The predicted molar refractivity (Wildman–Crippen MR) is 138 cm³/mol. The summed E-state index contributed by atoms with van der Waals surface area (Å²) in [5.41, 5.74) is 3.75. The molecule has 3 rings (SSSR count). The van der Waals surface area contributed by atoms with Crippen LogP contribution >= 0.6 is 24.0 Å². The fourth-order valence-corrected chi connectivity index (χ4v) is 4.37. The summed E-state index contributed by atoms with van der Waals surface area (Å²) in [6.45, 7) is 10.2. The quantitative estimate of drug-likeness (QED) is 0.304. The zero-order valence-electron chi connectivity index (χ0n) is 18.8. The van der Waals surface area contributed by atoms with E-state index in [1.165, 1.54) is 16.7 Å². The molecule has 6 nitrogen and oxygen atoms in total. The Morgan fingerprint density at radius 1 is 1.15 bits per heavy atom. The number of ether oxygens (including phenoxy) is 2. The smallest absolute Gasteiger partial charge is 0.266 e. The fraction of sp³-hybridized carbons (Fsp3) is 0.240. The summed E-state index contributed by atoms with van der Waals surface area (Å²) in [5, 5.41) is 2.84. The average molecular weight is 483 g/mol. The van der Waals surface area contributed by atoms with Gasteiger partial charge in [0.25, 0.3) is 11.8 Å². The highest BCUT2D eigenvalue weighted by molar-refractivity contribution is 8.26. The third kappa shape index (κ3) is 6.24. The number of carbonyl (C=O) groups is 2. The third-order valence-electron chi connectivity index (χ3n) is 4.90. The van der Waals surface area contributed by atoms with Crippen molar-refractivity contribution in [3.63, 3.8) is 0 Å². The molecule has 0 radical (unpaired) electrons. The number of thiocarbonyl (C=S) groups is 1. The molecule has 0 bridgehead atoms. The van der Waals surface area contributed by atoms with Crippen LogP contribution < -0.4 is 14.8 Å². The maximum Gasteiger partial charge on any atom is 0.266 e. The van der Waals surface area contributed by atoms with Crippen molar-refractivity contribution >= 4 is 51.9 Å². The highest BCUT2D eigenvalue weighted by Gasteiger charge is 2.31. The van der Waals surface area contributed by atoms with E-state index in [4.69, 9.17) is 21.7 Å². The maximum absolute atomic E-state index is 12.6. The highest BCUT2D eigenvalue weighted by atomic mass is 32.2. The molecular weight excluding hydrogens is 456 g/mol. The molecule has 0 spiro atoms. The lowest BCUT2D eigenvalue weighted by atomic mass is 10.1. The van der Waals surface area contributed by atoms with Crippen LogP contribution in [-0.2, 0) is 9.59 Å². The molecule has 2 aromatic rings. The van der Waals surface area contributed by atoms with Crippen molar-refractivity contribution in [3.05, 3.63) is 70.6 Å². The molecular formula is C25H26N2O4S2. The summed E-state index contributed by atoms with van der Waals surface area (Å²) < 4.78 is 11.9. The van der Waals surface area contributed by atoms with E-state index in [1.54, 1.807) is 30.4 Å². The highest BCUT2D eigenvalue weighted by Crippen LogP contribution is 2.34. The van der Waals surface area contributed by atoms with E-state index in [1.807, 2.05) is 39.0 Å². The Hall–Kier alpha value is -3.10. The van der Waals surface area contributed by atoms with Crippen molar-refractivity contribution in [2.45, 2.75) is 20.8 Å². The number of rotatable bonds is 9. The SMILES string of the molecule is C=CCN1C(=O)/C(=C/c2ccc(OCC(=O)Nc3ccc(C)c(C)c3)c(OCC)c2)SC1=S. The second-order valence-electron chi connectivity index (χ2n) is 7.36. The summed E-state index contributed by atoms with van der Waals surface area (Å²) in [5.74, 6) is 0.525. The number of hydrogen-bond acceptors (Lipinski definition) is 6. The molecule has 172 valence electrons. The van der Waals surface area contributed by atoms with Gasteiger partial charge in [0.2, 0.25) is 0 Å². The molecule has 1 aliphatic heterocycles. The minimum absolute atomic E-state index is 0.147. The molecule has 1 fully saturated rings. The first kappa shape index (κ1) is 24.5. The van der Waals surface area contributed by atoms with Crippen LogP contribution in [0.1, 0.15) is 23.6 Å². The lowest BCUT2D eigenvalue weighted by Crippen LogP contribution is -2.27. The Bertz CT molecular complexity index is 1130. The van der Waals surface area contributed by atoms with Gasteiger partial charge in [-0.1, -0.05) is 42.2 Å². The number of anilines is 1. The Morgan fingerprint density at radius 2 is 1.94 bits per heavy atom. The zero-order valence-corrected chi connectivity index (χ0v) is 20.5. The second kappa shape index (κ2) is 11.2. The van der Waals surface area contributed by atoms with Crippen molar-refractivity contribution in [1.82, 2.24) is 4.90 Å². The molecule has 2 amide bonds. The van der Waals surface area contributed by atoms with Gasteiger partial charge in [-0.25, -0.2) is 0 Å². The lowest BCUT2D eigenvalue weighted by Gasteiger charge is -2.13. The van der Waals surface area contributed by atoms with Crippen molar-refractivity contribution in [2.24, 2.45) is 0 Å². The van der Waals surface area contributed by atoms with Gasteiger partial charge in [0.05, 0.1) is 11.5 Å². The molecule has 1 heterocycles. The number of nitrogens with zero attached hydrogens (tertiary/aromatic N) is 1. The largest absolute Gasteiger partial charge is 0.490 e. The Labute approximate surface area is 203 Å². The number of carbonyl (C=O) groups excluding carboxylic acids is 2. The number of hydrogen-bond donors (Lipinski definition) is 1. The van der Waals surface area contributed by atoms with Gasteiger partial charge in [-0.2, -0.15) is 0 Å². The van der Waals surface area contributed by atoms with Gasteiger partial charge in [-0.05, 0) is 67.8 Å². The van der Waals surface area contributed by atoms with Crippen molar-refractivity contribution < 1.29 is 19.1 Å². The summed E-state index contributed by atoms with van der Waals surface area (Å²) in [6.07, 6.45) is 3.41. The van der Waals surface area contributed by atoms with E-state index in [9.17, 15) is 9.59 Å². The van der Waals surface area contributed by atoms with Crippen molar-refractivity contribution in [2.75, 3.05) is 25.1 Å². The van der Waals surface area contributed by atoms with Gasteiger partial charge >= 0.3 is 0 Å². The van der Waals surface area contributed by atoms with Gasteiger partial charge in [-0.3, -0.25) is 14.5 Å². The van der Waals surface area contributed by atoms with Crippen molar-refractivity contribution in [1.29, 1.82) is 0 Å². The van der Waals surface area contributed by atoms with Gasteiger partial charge in [0, 0.05) is 12.2 Å². The van der Waals surface area contributed by atoms with Crippen LogP contribution in [0.4, 0.5) is 5.69 Å². The first-order valence-corrected chi connectivity index (χ1v) is 11.7. The van der Waals surface area contributed by atoms with Crippen LogP contribution in [0, 0.1) is 13.8 Å². The van der Waals surface area contributed by atoms with Crippen molar-refractivity contribution in [3.8, 4) is 11.5 Å². The van der Waals surface area contributed by atoms with Crippen LogP contribution in [-0.4, -0.2) is 40.8 Å². The van der Waals surface area contributed by atoms with E-state index in [0.29, 0.717) is 33.9 Å². The fourth-order valence-electron chi connectivity index (χ4n) is 3.10. The molecule has 0 aliphatic carbocycles. The van der Waals surface area contributed by atoms with E-state index < -0.39 is 0 Å². The maximum atomic E-state index is 12.6. The molecule has 8 heteroatoms. The Morgan fingerprint density at radius 3 is 2.64 bits per heavy atom. The molecule has 1 N–H and O–H groups in total. The van der Waals surface area contributed by atoms with Crippen LogP contribution in [0.5, 0.6) is 11.5 Å². The van der Waals surface area contributed by atoms with E-state index in [-0.39, 0.29) is 18.4 Å². The minimum atomic E-state index is -0.268. The number of benzene rings is 2. The number of nitrogens with one attached hydrogen (secondary N) is 1. The molecule has 0 atom stereocenters. The first-order valence-electron chi connectivity index (χ1n) is 10.5. The van der Waals surface area contributed by atoms with Gasteiger partial charge < -0.3 is 14.8 Å². The Kier molecular flexibility index (Phi) is 8.30. The van der Waals surface area contributed by atoms with E-state index >= 15 is 0 Å². The summed E-state index contributed by atoms with van der Waals surface area (Å²) in [6, 6.07) is 11.1. The molecule has 0 saturated carbocycles. The monoisotopic (exact) mass is 482 g/mol. The number of aryl methyl sites for hydroxylation is 2. The zero-order chi connectivity index (χ0) is 24.0. The van der Waals surface area contributed by atoms with Crippen LogP contribution in [0.3, 0.4) is 0 Å². The summed E-state index contributed by atoms with van der Waals surface area (Å²) >= 11 is 6.53. The normalized spacial score (nSPS) is 14.5. The summed E-state index contributed by atoms with van der Waals surface area (Å²) in [4.78, 5) is 26.9. The molecule has 0 aromatic heterocycles. The summed E-state index contributed by atoms with van der Waals surface area (Å²) in [7, 11) is 0. The van der Waals surface area contributed by atoms with Gasteiger partial charge in [-0.15, -0.1) is 6.58 Å². The first-order chi connectivity index (χ1) is 15.8. The van der Waals surface area contributed by atoms with E-state index in [0.717, 1.165) is 22.4 Å². The predicted octanol–water partition coefficient (Wildman–Crippen LogP) is 5.11. The number of thioether (sulfide) groups is 1. The van der Waals surface area contributed by atoms with Gasteiger partial charge in [0.15, 0.2) is 18.1 Å². The third-order valence-corrected chi connectivity index (χ3v) is 6.28. The van der Waals surface area contributed by atoms with Gasteiger partial charge in [0.1, 0.15) is 4.32 Å². The number of amides is 2. The van der Waals surface area contributed by atoms with Crippen LogP contribution in [0.25, 0.3) is 6.08 Å². The minimum Gasteiger partial charge on any atom is -0.490 e. The van der Waals surface area contributed by atoms with E-state index in [2.05, 4.69) is 11.9 Å². The second-order valence-corrected chi connectivity index (χ2v) is 9.03. The molecule has 1 aliphatic rings. The van der Waals surface area contributed by atoms with Crippen LogP contribution in [0.2, 0.25) is 0 Å². The standard InChI is InChI=1S/C25H26N2O4S2/c1-5-11-27-24(29)22(33-25(27)32)14-18-8-10-20(21(13-18)30-6-2)31-15-23(28)26-19-9-7-16(3)17(4)12-19/h5,7-10,12-14H,1,6,11,15H2,2-4H3,(H,26,28)/b22-14-. The molecule has 33 heavy (non-hydrogen) atoms. The average Bonchev–Trinajstić information content (AvgIpc) is 3.03. The lowest BCUT2D eigenvalue weighted by molar-refractivity contribution is -0.121.